The van der Waals surface area contributed by atoms with E-state index < -0.39 is 0 Å². The van der Waals surface area contributed by atoms with Crippen LogP contribution in [0.25, 0.3) is 0 Å². The van der Waals surface area contributed by atoms with Crippen LogP contribution in [-0.2, 0) is 11.3 Å². The van der Waals surface area contributed by atoms with Crippen molar-refractivity contribution in [2.45, 2.75) is 13.5 Å². The molecule has 2 aromatic rings. The summed E-state index contributed by atoms with van der Waals surface area (Å²) in [5.41, 5.74) is 2.83. The number of anilines is 1. The van der Waals surface area contributed by atoms with Crippen LogP contribution in [0, 0.1) is 6.92 Å². The van der Waals surface area contributed by atoms with Crippen LogP contribution < -0.4 is 5.32 Å². The highest BCUT2D eigenvalue weighted by atomic mass is 32.1. The molecule has 90 valence electrons. The minimum Gasteiger partial charge on any atom is -0.465 e. The summed E-state index contributed by atoms with van der Waals surface area (Å²) in [5.74, 6) is -0.357. The predicted molar refractivity (Wildman–Crippen MR) is 67.6 cm³/mol. The summed E-state index contributed by atoms with van der Waals surface area (Å²) >= 11 is 2.88. The van der Waals surface area contributed by atoms with Crippen molar-refractivity contribution in [3.63, 3.8) is 0 Å². The van der Waals surface area contributed by atoms with Gasteiger partial charge in [-0.25, -0.2) is 14.8 Å². The molecule has 0 aromatic carbocycles. The van der Waals surface area contributed by atoms with Gasteiger partial charge < -0.3 is 10.1 Å². The topological polar surface area (TPSA) is 64.1 Å². The molecule has 0 aliphatic heterocycles. The molecule has 2 heterocycles. The molecule has 0 bridgehead atoms. The number of ether oxygens (including phenoxy) is 1. The number of nitrogens with zero attached hydrogens (tertiary/aromatic N) is 2. The molecule has 0 saturated carbocycles. The molecule has 0 unspecified atom stereocenters. The van der Waals surface area contributed by atoms with Crippen molar-refractivity contribution in [3.05, 3.63) is 27.2 Å². The molecule has 7 heteroatoms. The summed E-state index contributed by atoms with van der Waals surface area (Å²) in [6, 6.07) is 0. The van der Waals surface area contributed by atoms with Gasteiger partial charge in [0, 0.05) is 4.88 Å². The Morgan fingerprint density at radius 2 is 2.35 bits per heavy atom. The summed E-state index contributed by atoms with van der Waals surface area (Å²) in [5, 5.41) is 3.86. The lowest BCUT2D eigenvalue weighted by Crippen LogP contribution is -1.98. The molecular weight excluding hydrogens is 258 g/mol. The monoisotopic (exact) mass is 269 g/mol. The molecule has 1 N–H and O–H groups in total. The first kappa shape index (κ1) is 12.0. The van der Waals surface area contributed by atoms with Crippen LogP contribution in [0.15, 0.2) is 11.7 Å². The average Bonchev–Trinajstić information content (AvgIpc) is 2.94. The minimum absolute atomic E-state index is 0.357. The first-order valence-electron chi connectivity index (χ1n) is 4.87. The van der Waals surface area contributed by atoms with Crippen molar-refractivity contribution in [2.24, 2.45) is 0 Å². The molecule has 2 rings (SSSR count). The maximum atomic E-state index is 11.2. The number of thiazole rings is 2. The molecular formula is C10H11N3O2S2. The van der Waals surface area contributed by atoms with E-state index in [0.717, 1.165) is 5.69 Å². The van der Waals surface area contributed by atoms with E-state index in [0.29, 0.717) is 16.6 Å². The van der Waals surface area contributed by atoms with E-state index in [-0.39, 0.29) is 5.97 Å². The minimum atomic E-state index is -0.357. The van der Waals surface area contributed by atoms with Gasteiger partial charge in [-0.1, -0.05) is 11.3 Å². The zero-order chi connectivity index (χ0) is 12.3. The summed E-state index contributed by atoms with van der Waals surface area (Å²) in [6.07, 6.45) is 1.51. The van der Waals surface area contributed by atoms with E-state index >= 15 is 0 Å². The summed E-state index contributed by atoms with van der Waals surface area (Å²) in [4.78, 5) is 21.2. The normalized spacial score (nSPS) is 10.2. The summed E-state index contributed by atoms with van der Waals surface area (Å²) in [7, 11) is 1.36. The van der Waals surface area contributed by atoms with E-state index in [1.165, 1.54) is 29.5 Å². The quantitative estimate of drug-likeness (QED) is 0.863. The summed E-state index contributed by atoms with van der Waals surface area (Å²) in [6.45, 7) is 2.64. The number of rotatable bonds is 4. The van der Waals surface area contributed by atoms with Crippen molar-refractivity contribution >= 4 is 33.8 Å². The van der Waals surface area contributed by atoms with Gasteiger partial charge >= 0.3 is 5.97 Å². The van der Waals surface area contributed by atoms with E-state index in [4.69, 9.17) is 0 Å². The fourth-order valence-corrected chi connectivity index (χ4v) is 2.65. The number of nitrogens with one attached hydrogen (secondary N) is 1. The lowest BCUT2D eigenvalue weighted by molar-refractivity contribution is 0.0606. The first-order chi connectivity index (χ1) is 8.20. The lowest BCUT2D eigenvalue weighted by Gasteiger charge is -1.99. The Balaban J connectivity index is 1.98. The molecule has 0 atom stereocenters. The van der Waals surface area contributed by atoms with Crippen molar-refractivity contribution < 1.29 is 9.53 Å². The van der Waals surface area contributed by atoms with Crippen LogP contribution in [0.3, 0.4) is 0 Å². The highest BCUT2D eigenvalue weighted by molar-refractivity contribution is 7.17. The van der Waals surface area contributed by atoms with E-state index in [1.54, 1.807) is 11.3 Å². The molecule has 17 heavy (non-hydrogen) atoms. The highest BCUT2D eigenvalue weighted by Gasteiger charge is 2.10. The number of carbonyl (C=O) groups excluding carboxylic acids is 1. The van der Waals surface area contributed by atoms with Gasteiger partial charge in [0.25, 0.3) is 0 Å². The molecule has 5 nitrogen and oxygen atoms in total. The third kappa shape index (κ3) is 2.80. The van der Waals surface area contributed by atoms with Crippen molar-refractivity contribution in [2.75, 3.05) is 12.4 Å². The number of carbonyl (C=O) groups is 1. The SMILES string of the molecule is COC(=O)c1cnc(NCc2scnc2C)s1. The second-order valence-corrected chi connectivity index (χ2v) is 5.21. The van der Waals surface area contributed by atoms with E-state index in [2.05, 4.69) is 20.0 Å². The number of methoxy groups -OCH3 is 1. The lowest BCUT2D eigenvalue weighted by atomic mass is 10.4. The Hall–Kier alpha value is -1.47. The molecule has 0 radical (unpaired) electrons. The second kappa shape index (κ2) is 5.24. The number of esters is 1. The molecule has 0 aliphatic rings. The van der Waals surface area contributed by atoms with Crippen molar-refractivity contribution in [1.82, 2.24) is 9.97 Å². The number of aromatic nitrogens is 2. The number of hydrogen-bond acceptors (Lipinski definition) is 7. The molecule has 0 aliphatic carbocycles. The maximum Gasteiger partial charge on any atom is 0.349 e. The van der Waals surface area contributed by atoms with Gasteiger partial charge in [0.1, 0.15) is 4.88 Å². The Labute approximate surface area is 106 Å². The predicted octanol–water partition coefficient (Wildman–Crippen LogP) is 2.31. The van der Waals surface area contributed by atoms with Crippen LogP contribution in [0.4, 0.5) is 5.13 Å². The van der Waals surface area contributed by atoms with Crippen LogP contribution in [-0.4, -0.2) is 23.0 Å². The Morgan fingerprint density at radius 1 is 1.53 bits per heavy atom. The zero-order valence-corrected chi connectivity index (χ0v) is 11.0. The second-order valence-electron chi connectivity index (χ2n) is 3.24. The van der Waals surface area contributed by atoms with E-state index in [9.17, 15) is 4.79 Å². The zero-order valence-electron chi connectivity index (χ0n) is 9.39. The molecule has 0 spiro atoms. The van der Waals surface area contributed by atoms with Crippen LogP contribution in [0.5, 0.6) is 0 Å². The maximum absolute atomic E-state index is 11.2. The van der Waals surface area contributed by atoms with Gasteiger partial charge in [0.05, 0.1) is 31.1 Å². The highest BCUT2D eigenvalue weighted by Crippen LogP contribution is 2.20. The Bertz CT molecular complexity index is 521. The smallest absolute Gasteiger partial charge is 0.349 e. The standard InChI is InChI=1S/C10H11N3O2S2/c1-6-7(16-5-13-6)3-11-10-12-4-8(17-10)9(14)15-2/h4-5H,3H2,1-2H3,(H,11,12). The molecule has 0 saturated heterocycles. The number of aryl methyl sites for hydroxylation is 1. The average molecular weight is 269 g/mol. The van der Waals surface area contributed by atoms with Crippen LogP contribution in [0.1, 0.15) is 20.2 Å². The summed E-state index contributed by atoms with van der Waals surface area (Å²) < 4.78 is 4.61. The number of hydrogen-bond donors (Lipinski definition) is 1. The molecule has 0 amide bonds. The van der Waals surface area contributed by atoms with Crippen LogP contribution >= 0.6 is 22.7 Å². The molecule has 0 fully saturated rings. The third-order valence-electron chi connectivity index (χ3n) is 2.14. The largest absolute Gasteiger partial charge is 0.465 e. The first-order valence-corrected chi connectivity index (χ1v) is 6.57. The fourth-order valence-electron chi connectivity index (χ4n) is 1.20. The van der Waals surface area contributed by atoms with Crippen LogP contribution in [0.2, 0.25) is 0 Å². The van der Waals surface area contributed by atoms with Crippen molar-refractivity contribution in [1.29, 1.82) is 0 Å². The van der Waals surface area contributed by atoms with Gasteiger partial charge in [-0.05, 0) is 6.92 Å². The fraction of sp³-hybridized carbons (Fsp3) is 0.300. The Kier molecular flexibility index (Phi) is 3.70. The van der Waals surface area contributed by atoms with E-state index in [1.807, 2.05) is 12.4 Å². The third-order valence-corrected chi connectivity index (χ3v) is 4.01. The Morgan fingerprint density at radius 3 is 3.00 bits per heavy atom. The van der Waals surface area contributed by atoms with Gasteiger partial charge in [0.15, 0.2) is 5.13 Å². The van der Waals surface area contributed by atoms with Gasteiger partial charge in [-0.2, -0.15) is 0 Å². The van der Waals surface area contributed by atoms with Crippen molar-refractivity contribution in [3.8, 4) is 0 Å². The van der Waals surface area contributed by atoms with Gasteiger partial charge in [-0.15, -0.1) is 11.3 Å². The van der Waals surface area contributed by atoms with Gasteiger partial charge in [-0.3, -0.25) is 0 Å². The van der Waals surface area contributed by atoms with Gasteiger partial charge in [0.2, 0.25) is 0 Å². The molecule has 2 aromatic heterocycles.